The third-order valence-electron chi connectivity index (χ3n) is 4.59. The average molecular weight is 378 g/mol. The lowest BCUT2D eigenvalue weighted by Gasteiger charge is -2.05. The molecular weight excluding hydrogens is 359 g/mol. The summed E-state index contributed by atoms with van der Waals surface area (Å²) in [7, 11) is 0. The van der Waals surface area contributed by atoms with Crippen LogP contribution in [0.5, 0.6) is 5.75 Å². The van der Waals surface area contributed by atoms with E-state index >= 15 is 0 Å². The summed E-state index contributed by atoms with van der Waals surface area (Å²) in [6, 6.07) is 26.7. The topological polar surface area (TPSA) is 9.23 Å². The highest BCUT2D eigenvalue weighted by molar-refractivity contribution is 5.84. The SMILES string of the molecule is C=CCOc1ccc(-c2ccc(C#Cc3ccc4cc(F)ccc4c3)cc2)cc1. The smallest absolute Gasteiger partial charge is 0.123 e. The van der Waals surface area contributed by atoms with Gasteiger partial charge in [-0.3, -0.25) is 0 Å². The molecule has 0 amide bonds. The van der Waals surface area contributed by atoms with Gasteiger partial charge in [-0.1, -0.05) is 60.9 Å². The van der Waals surface area contributed by atoms with Gasteiger partial charge in [-0.05, 0) is 70.4 Å². The summed E-state index contributed by atoms with van der Waals surface area (Å²) in [6.07, 6.45) is 1.73. The molecule has 0 spiro atoms. The Bertz CT molecular complexity index is 1210. The second-order valence-electron chi connectivity index (χ2n) is 6.66. The fourth-order valence-electron chi connectivity index (χ4n) is 3.08. The van der Waals surface area contributed by atoms with Crippen molar-refractivity contribution in [1.29, 1.82) is 0 Å². The van der Waals surface area contributed by atoms with Gasteiger partial charge in [0.1, 0.15) is 18.2 Å². The summed E-state index contributed by atoms with van der Waals surface area (Å²) in [4.78, 5) is 0. The van der Waals surface area contributed by atoms with Crippen molar-refractivity contribution in [3.63, 3.8) is 0 Å². The Morgan fingerprint density at radius 3 is 2.03 bits per heavy atom. The third kappa shape index (κ3) is 4.54. The van der Waals surface area contributed by atoms with Gasteiger partial charge in [-0.2, -0.15) is 0 Å². The van der Waals surface area contributed by atoms with E-state index in [1.54, 1.807) is 12.1 Å². The molecule has 1 nitrogen and oxygen atoms in total. The van der Waals surface area contributed by atoms with Crippen LogP contribution in [-0.4, -0.2) is 6.61 Å². The number of rotatable bonds is 4. The van der Waals surface area contributed by atoms with Crippen LogP contribution in [0.3, 0.4) is 0 Å². The van der Waals surface area contributed by atoms with E-state index in [1.807, 2.05) is 54.6 Å². The molecule has 0 aliphatic rings. The van der Waals surface area contributed by atoms with Gasteiger partial charge < -0.3 is 4.74 Å². The fraction of sp³-hybridized carbons (Fsp3) is 0.0370. The summed E-state index contributed by atoms with van der Waals surface area (Å²) in [5, 5.41) is 1.86. The summed E-state index contributed by atoms with van der Waals surface area (Å²) < 4.78 is 18.8. The zero-order valence-electron chi connectivity index (χ0n) is 15.9. The molecule has 4 rings (SSSR count). The molecule has 0 aliphatic carbocycles. The first-order valence-electron chi connectivity index (χ1n) is 9.37. The van der Waals surface area contributed by atoms with Crippen LogP contribution in [0.4, 0.5) is 4.39 Å². The highest BCUT2D eigenvalue weighted by Gasteiger charge is 2.00. The Labute approximate surface area is 170 Å². The van der Waals surface area contributed by atoms with Crippen molar-refractivity contribution in [3.8, 4) is 28.7 Å². The molecule has 29 heavy (non-hydrogen) atoms. The van der Waals surface area contributed by atoms with E-state index in [0.717, 1.165) is 38.8 Å². The largest absolute Gasteiger partial charge is 0.490 e. The van der Waals surface area contributed by atoms with Crippen LogP contribution in [-0.2, 0) is 0 Å². The van der Waals surface area contributed by atoms with Crippen molar-refractivity contribution in [2.75, 3.05) is 6.61 Å². The molecule has 2 heteroatoms. The second-order valence-corrected chi connectivity index (χ2v) is 6.66. The van der Waals surface area contributed by atoms with E-state index in [2.05, 4.69) is 30.6 Å². The van der Waals surface area contributed by atoms with Crippen molar-refractivity contribution >= 4 is 10.8 Å². The monoisotopic (exact) mass is 378 g/mol. The van der Waals surface area contributed by atoms with E-state index in [1.165, 1.54) is 12.1 Å². The average Bonchev–Trinajstić information content (AvgIpc) is 2.77. The lowest BCUT2D eigenvalue weighted by atomic mass is 10.0. The van der Waals surface area contributed by atoms with Crippen LogP contribution < -0.4 is 4.74 Å². The van der Waals surface area contributed by atoms with Gasteiger partial charge in [0, 0.05) is 11.1 Å². The summed E-state index contributed by atoms with van der Waals surface area (Å²) in [5.41, 5.74) is 4.10. The van der Waals surface area contributed by atoms with Crippen LogP contribution in [0.25, 0.3) is 21.9 Å². The van der Waals surface area contributed by atoms with Gasteiger partial charge in [0.2, 0.25) is 0 Å². The Morgan fingerprint density at radius 2 is 1.31 bits per heavy atom. The molecule has 0 radical (unpaired) electrons. The summed E-state index contributed by atoms with van der Waals surface area (Å²) >= 11 is 0. The minimum atomic E-state index is -0.227. The predicted octanol–water partition coefficient (Wildman–Crippen LogP) is 6.61. The summed E-state index contributed by atoms with van der Waals surface area (Å²) in [6.45, 7) is 4.15. The van der Waals surface area contributed by atoms with Crippen LogP contribution in [0, 0.1) is 17.7 Å². The van der Waals surface area contributed by atoms with E-state index in [9.17, 15) is 4.39 Å². The Kier molecular flexibility index (Phi) is 5.40. The van der Waals surface area contributed by atoms with E-state index in [0.29, 0.717) is 6.61 Å². The molecule has 0 fully saturated rings. The lowest BCUT2D eigenvalue weighted by molar-refractivity contribution is 0.363. The van der Waals surface area contributed by atoms with Crippen molar-refractivity contribution in [3.05, 3.63) is 115 Å². The lowest BCUT2D eigenvalue weighted by Crippen LogP contribution is -1.92. The minimum Gasteiger partial charge on any atom is -0.490 e. The highest BCUT2D eigenvalue weighted by atomic mass is 19.1. The molecule has 0 heterocycles. The molecule has 140 valence electrons. The number of hydrogen-bond donors (Lipinski definition) is 0. The first-order valence-corrected chi connectivity index (χ1v) is 9.37. The maximum absolute atomic E-state index is 13.3. The van der Waals surface area contributed by atoms with E-state index in [-0.39, 0.29) is 5.82 Å². The second kappa shape index (κ2) is 8.46. The Hall–Kier alpha value is -3.83. The zero-order valence-corrected chi connectivity index (χ0v) is 15.9. The number of fused-ring (bicyclic) bond motifs is 1. The molecule has 0 unspecified atom stereocenters. The molecule has 0 aliphatic heterocycles. The molecule has 0 aromatic heterocycles. The van der Waals surface area contributed by atoms with Crippen LogP contribution in [0.2, 0.25) is 0 Å². The number of hydrogen-bond acceptors (Lipinski definition) is 1. The van der Waals surface area contributed by atoms with Crippen molar-refractivity contribution < 1.29 is 9.13 Å². The fourth-order valence-corrected chi connectivity index (χ4v) is 3.08. The van der Waals surface area contributed by atoms with Crippen molar-refractivity contribution in [2.45, 2.75) is 0 Å². The van der Waals surface area contributed by atoms with Crippen LogP contribution in [0.15, 0.2) is 97.6 Å². The molecule has 4 aromatic rings. The molecule has 0 saturated heterocycles. The van der Waals surface area contributed by atoms with Crippen LogP contribution in [0.1, 0.15) is 11.1 Å². The van der Waals surface area contributed by atoms with Gasteiger partial charge in [-0.15, -0.1) is 0 Å². The number of benzene rings is 4. The van der Waals surface area contributed by atoms with Crippen LogP contribution >= 0.6 is 0 Å². The quantitative estimate of drug-likeness (QED) is 0.287. The van der Waals surface area contributed by atoms with E-state index in [4.69, 9.17) is 4.74 Å². The molecule has 0 bridgehead atoms. The standard InChI is InChI=1S/C27H19FO/c1-2-17-29-27-15-12-23(13-16-27)22-8-5-20(6-9-22)3-4-21-7-10-25-19-26(28)14-11-24(25)18-21/h2,5-16,18-19H,1,17H2. The number of ether oxygens (including phenoxy) is 1. The van der Waals surface area contributed by atoms with Crippen molar-refractivity contribution in [1.82, 2.24) is 0 Å². The minimum absolute atomic E-state index is 0.227. The maximum Gasteiger partial charge on any atom is 0.123 e. The molecular formula is C27H19FO. The Balaban J connectivity index is 1.50. The predicted molar refractivity (Wildman–Crippen MR) is 117 cm³/mol. The number of halogens is 1. The molecule has 4 aromatic carbocycles. The first-order chi connectivity index (χ1) is 14.2. The first kappa shape index (κ1) is 18.5. The van der Waals surface area contributed by atoms with Crippen molar-refractivity contribution in [2.24, 2.45) is 0 Å². The maximum atomic E-state index is 13.3. The molecule has 0 atom stereocenters. The highest BCUT2D eigenvalue weighted by Crippen LogP contribution is 2.23. The van der Waals surface area contributed by atoms with Gasteiger partial charge >= 0.3 is 0 Å². The van der Waals surface area contributed by atoms with Gasteiger partial charge in [0.25, 0.3) is 0 Å². The molecule has 0 saturated carbocycles. The van der Waals surface area contributed by atoms with Gasteiger partial charge in [0.15, 0.2) is 0 Å². The van der Waals surface area contributed by atoms with E-state index < -0.39 is 0 Å². The normalized spacial score (nSPS) is 10.2. The Morgan fingerprint density at radius 1 is 0.724 bits per heavy atom. The zero-order chi connectivity index (χ0) is 20.1. The summed E-state index contributed by atoms with van der Waals surface area (Å²) in [5.74, 6) is 6.98. The third-order valence-corrected chi connectivity index (χ3v) is 4.59. The van der Waals surface area contributed by atoms with Gasteiger partial charge in [-0.25, -0.2) is 4.39 Å². The molecule has 0 N–H and O–H groups in total. The van der Waals surface area contributed by atoms with Gasteiger partial charge in [0.05, 0.1) is 0 Å².